The second-order valence-electron chi connectivity index (χ2n) is 4.53. The molecule has 1 aliphatic rings. The van der Waals surface area contributed by atoms with Gasteiger partial charge in [0, 0.05) is 23.7 Å². The molecular weight excluding hydrogens is 281 g/mol. The Morgan fingerprint density at radius 1 is 1.40 bits per heavy atom. The Balaban J connectivity index is 2.04. The van der Waals surface area contributed by atoms with E-state index in [1.165, 1.54) is 18.2 Å². The Morgan fingerprint density at radius 2 is 2.15 bits per heavy atom. The van der Waals surface area contributed by atoms with Crippen molar-refractivity contribution in [2.24, 2.45) is 5.73 Å². The molecule has 0 heterocycles. The second kappa shape index (κ2) is 6.33. The van der Waals surface area contributed by atoms with Crippen LogP contribution in [0.15, 0.2) is 18.2 Å². The lowest BCUT2D eigenvalue weighted by atomic mass is 10.1. The molecule has 0 saturated heterocycles. The molecule has 0 aliphatic heterocycles. The van der Waals surface area contributed by atoms with Crippen molar-refractivity contribution >= 4 is 10.2 Å². The first kappa shape index (κ1) is 14.9. The summed E-state index contributed by atoms with van der Waals surface area (Å²) in [5.41, 5.74) is 6.11. The molecule has 0 aromatic heterocycles. The normalized spacial score (nSPS) is 14.7. The van der Waals surface area contributed by atoms with Gasteiger partial charge in [0.1, 0.15) is 5.82 Å². The van der Waals surface area contributed by atoms with E-state index in [-0.39, 0.29) is 24.7 Å². The lowest BCUT2D eigenvalue weighted by molar-refractivity contribution is 0.560. The van der Waals surface area contributed by atoms with E-state index in [0.29, 0.717) is 5.56 Å². The van der Waals surface area contributed by atoms with Gasteiger partial charge in [-0.1, -0.05) is 11.8 Å². The Hall–Kier alpha value is -1.46. The van der Waals surface area contributed by atoms with Gasteiger partial charge in [-0.15, -0.1) is 0 Å². The third-order valence-electron chi connectivity index (χ3n) is 2.73. The van der Waals surface area contributed by atoms with Crippen LogP contribution in [-0.4, -0.2) is 21.0 Å². The molecule has 20 heavy (non-hydrogen) atoms. The Kier molecular flexibility index (Phi) is 4.73. The fraction of sp³-hybridized carbons (Fsp3) is 0.385. The zero-order valence-electron chi connectivity index (χ0n) is 10.8. The lowest BCUT2D eigenvalue weighted by Gasteiger charge is -2.08. The van der Waals surface area contributed by atoms with E-state index in [1.54, 1.807) is 0 Å². The Labute approximate surface area is 117 Å². The number of hydrogen-bond donors (Lipinski definition) is 3. The summed E-state index contributed by atoms with van der Waals surface area (Å²) in [6.45, 7) is 0.0939. The molecular formula is C13H16FN3O2S. The largest absolute Gasteiger partial charge is 0.320 e. The molecule has 1 aliphatic carbocycles. The first-order chi connectivity index (χ1) is 9.50. The SMILES string of the molecule is NCC#Cc1ccc(F)c(CNS(=O)(=O)NC2CC2)c1. The molecule has 7 heteroatoms. The molecule has 1 fully saturated rings. The number of benzene rings is 1. The van der Waals surface area contributed by atoms with Crippen LogP contribution >= 0.6 is 0 Å². The molecule has 1 aromatic rings. The molecule has 0 unspecified atom stereocenters. The molecule has 0 radical (unpaired) electrons. The van der Waals surface area contributed by atoms with Crippen molar-refractivity contribution in [3.63, 3.8) is 0 Å². The van der Waals surface area contributed by atoms with E-state index in [1.807, 2.05) is 0 Å². The zero-order chi connectivity index (χ0) is 14.6. The van der Waals surface area contributed by atoms with Crippen molar-refractivity contribution in [1.29, 1.82) is 0 Å². The predicted octanol–water partition coefficient (Wildman–Crippen LogP) is 0.222. The summed E-state index contributed by atoms with van der Waals surface area (Å²) in [6.07, 6.45) is 1.69. The molecule has 5 nitrogen and oxygen atoms in total. The summed E-state index contributed by atoms with van der Waals surface area (Å²) in [5, 5.41) is 0. The summed E-state index contributed by atoms with van der Waals surface area (Å²) in [4.78, 5) is 0. The van der Waals surface area contributed by atoms with E-state index >= 15 is 0 Å². The van der Waals surface area contributed by atoms with Gasteiger partial charge in [-0.05, 0) is 31.0 Å². The summed E-state index contributed by atoms with van der Waals surface area (Å²) in [6, 6.07) is 4.31. The van der Waals surface area contributed by atoms with Gasteiger partial charge in [-0.2, -0.15) is 17.9 Å². The van der Waals surface area contributed by atoms with Gasteiger partial charge in [0.25, 0.3) is 10.2 Å². The van der Waals surface area contributed by atoms with Crippen molar-refractivity contribution in [3.05, 3.63) is 35.1 Å². The van der Waals surface area contributed by atoms with Gasteiger partial charge in [-0.3, -0.25) is 0 Å². The molecule has 0 amide bonds. The van der Waals surface area contributed by atoms with Crippen LogP contribution in [-0.2, 0) is 16.8 Å². The molecule has 4 N–H and O–H groups in total. The highest BCUT2D eigenvalue weighted by atomic mass is 32.2. The third-order valence-corrected chi connectivity index (χ3v) is 3.90. The summed E-state index contributed by atoms with van der Waals surface area (Å²) in [5.74, 6) is 4.96. The zero-order valence-corrected chi connectivity index (χ0v) is 11.6. The molecule has 0 atom stereocenters. The van der Waals surface area contributed by atoms with Gasteiger partial charge in [-0.25, -0.2) is 4.39 Å². The van der Waals surface area contributed by atoms with Crippen molar-refractivity contribution in [2.45, 2.75) is 25.4 Å². The van der Waals surface area contributed by atoms with E-state index in [0.717, 1.165) is 12.8 Å². The Morgan fingerprint density at radius 3 is 2.80 bits per heavy atom. The summed E-state index contributed by atoms with van der Waals surface area (Å²) >= 11 is 0. The number of nitrogens with one attached hydrogen (secondary N) is 2. The van der Waals surface area contributed by atoms with E-state index < -0.39 is 16.0 Å². The predicted molar refractivity (Wildman–Crippen MR) is 74.2 cm³/mol. The fourth-order valence-electron chi connectivity index (χ4n) is 1.58. The van der Waals surface area contributed by atoms with Crippen molar-refractivity contribution in [1.82, 2.24) is 9.44 Å². The van der Waals surface area contributed by atoms with Gasteiger partial charge < -0.3 is 5.73 Å². The number of rotatable bonds is 5. The van der Waals surface area contributed by atoms with Crippen LogP contribution in [0.5, 0.6) is 0 Å². The number of nitrogens with two attached hydrogens (primary N) is 1. The fourth-order valence-corrected chi connectivity index (χ4v) is 2.68. The molecule has 1 saturated carbocycles. The smallest absolute Gasteiger partial charge is 0.277 e. The number of halogens is 1. The van der Waals surface area contributed by atoms with Crippen LogP contribution in [0.25, 0.3) is 0 Å². The molecule has 2 rings (SSSR count). The minimum absolute atomic E-state index is 0.0131. The highest BCUT2D eigenvalue weighted by Gasteiger charge is 2.26. The standard InChI is InChI=1S/C13H16FN3O2S/c14-13-6-3-10(2-1-7-15)8-11(13)9-16-20(18,19)17-12-4-5-12/h3,6,8,12,16-17H,4-5,7,9,15H2. The maximum absolute atomic E-state index is 13.6. The lowest BCUT2D eigenvalue weighted by Crippen LogP contribution is -2.37. The molecule has 0 spiro atoms. The van der Waals surface area contributed by atoms with Gasteiger partial charge in [0.2, 0.25) is 0 Å². The van der Waals surface area contributed by atoms with Gasteiger partial charge >= 0.3 is 0 Å². The monoisotopic (exact) mass is 297 g/mol. The van der Waals surface area contributed by atoms with Gasteiger partial charge in [0.15, 0.2) is 0 Å². The van der Waals surface area contributed by atoms with Crippen LogP contribution in [0.3, 0.4) is 0 Å². The van der Waals surface area contributed by atoms with Crippen LogP contribution in [0.4, 0.5) is 4.39 Å². The highest BCUT2D eigenvalue weighted by Crippen LogP contribution is 2.19. The van der Waals surface area contributed by atoms with E-state index in [2.05, 4.69) is 21.3 Å². The summed E-state index contributed by atoms with van der Waals surface area (Å²) < 4.78 is 41.7. The summed E-state index contributed by atoms with van der Waals surface area (Å²) in [7, 11) is -3.59. The second-order valence-corrected chi connectivity index (χ2v) is 6.06. The van der Waals surface area contributed by atoms with E-state index in [9.17, 15) is 12.8 Å². The van der Waals surface area contributed by atoms with Crippen molar-refractivity contribution < 1.29 is 12.8 Å². The van der Waals surface area contributed by atoms with Gasteiger partial charge in [0.05, 0.1) is 6.54 Å². The van der Waals surface area contributed by atoms with Crippen molar-refractivity contribution in [3.8, 4) is 11.8 Å². The number of hydrogen-bond acceptors (Lipinski definition) is 3. The maximum Gasteiger partial charge on any atom is 0.277 e. The highest BCUT2D eigenvalue weighted by molar-refractivity contribution is 7.87. The van der Waals surface area contributed by atoms with Crippen LogP contribution < -0.4 is 15.2 Å². The maximum atomic E-state index is 13.6. The molecule has 0 bridgehead atoms. The molecule has 1 aromatic carbocycles. The average Bonchev–Trinajstić information content (AvgIpc) is 3.19. The first-order valence-electron chi connectivity index (χ1n) is 6.24. The topological polar surface area (TPSA) is 84.2 Å². The van der Waals surface area contributed by atoms with Crippen LogP contribution in [0.1, 0.15) is 24.0 Å². The van der Waals surface area contributed by atoms with Crippen molar-refractivity contribution in [2.75, 3.05) is 6.54 Å². The quantitative estimate of drug-likeness (QED) is 0.680. The first-order valence-corrected chi connectivity index (χ1v) is 7.73. The Bertz CT molecular complexity index is 645. The average molecular weight is 297 g/mol. The molecule has 108 valence electrons. The minimum Gasteiger partial charge on any atom is -0.320 e. The van der Waals surface area contributed by atoms with Crippen LogP contribution in [0, 0.1) is 17.7 Å². The third kappa shape index (κ3) is 4.58. The van der Waals surface area contributed by atoms with E-state index in [4.69, 9.17) is 5.73 Å². The van der Waals surface area contributed by atoms with Crippen LogP contribution in [0.2, 0.25) is 0 Å². The minimum atomic E-state index is -3.59.